The minimum Gasteiger partial charge on any atom is -0.487 e. The smallest absolute Gasteiger partial charge is 0.352 e. The van der Waals surface area contributed by atoms with Crippen molar-refractivity contribution < 1.29 is 23.5 Å². The number of nitrogens with zero attached hydrogens (tertiary/aromatic N) is 2. The summed E-state index contributed by atoms with van der Waals surface area (Å²) in [7, 11) is 1.54. The van der Waals surface area contributed by atoms with E-state index < -0.39 is 12.1 Å². The predicted molar refractivity (Wildman–Crippen MR) is 119 cm³/mol. The van der Waals surface area contributed by atoms with Gasteiger partial charge in [0.2, 0.25) is 0 Å². The van der Waals surface area contributed by atoms with Gasteiger partial charge in [0.15, 0.2) is 16.8 Å². The highest BCUT2D eigenvalue weighted by Gasteiger charge is 2.25. The van der Waals surface area contributed by atoms with E-state index in [1.165, 1.54) is 18.4 Å². The lowest BCUT2D eigenvalue weighted by molar-refractivity contribution is 0.0267. The highest BCUT2D eigenvalue weighted by atomic mass is 32.1. The molecule has 0 radical (unpaired) electrons. The van der Waals surface area contributed by atoms with Gasteiger partial charge in [0.05, 0.1) is 0 Å². The Hall–Kier alpha value is -3.49. The van der Waals surface area contributed by atoms with Crippen LogP contribution in [0.4, 0.5) is 0 Å². The van der Waals surface area contributed by atoms with E-state index >= 15 is 0 Å². The number of aromatic nitrogens is 2. The Labute approximate surface area is 189 Å². The first-order valence-electron chi connectivity index (χ1n) is 10.0. The first-order chi connectivity index (χ1) is 15.6. The Bertz CT molecular complexity index is 1160. The Morgan fingerprint density at radius 1 is 1.06 bits per heavy atom. The van der Waals surface area contributed by atoms with Gasteiger partial charge >= 0.3 is 5.97 Å². The topological polar surface area (TPSA) is 83.7 Å². The van der Waals surface area contributed by atoms with Crippen LogP contribution in [-0.4, -0.2) is 23.2 Å². The van der Waals surface area contributed by atoms with Crippen molar-refractivity contribution in [3.8, 4) is 16.2 Å². The van der Waals surface area contributed by atoms with Gasteiger partial charge in [-0.2, -0.15) is 4.98 Å². The summed E-state index contributed by atoms with van der Waals surface area (Å²) in [5.74, 6) is 0.552. The fourth-order valence-electron chi connectivity index (χ4n) is 2.99. The van der Waals surface area contributed by atoms with E-state index in [0.29, 0.717) is 23.1 Å². The maximum atomic E-state index is 13.0. The summed E-state index contributed by atoms with van der Waals surface area (Å²) < 4.78 is 21.8. The van der Waals surface area contributed by atoms with Crippen molar-refractivity contribution in [1.29, 1.82) is 0 Å². The number of hydrogen-bond donors (Lipinski definition) is 0. The van der Waals surface area contributed by atoms with E-state index in [1.54, 1.807) is 6.92 Å². The molecule has 0 fully saturated rings. The largest absolute Gasteiger partial charge is 0.487 e. The van der Waals surface area contributed by atoms with E-state index in [-0.39, 0.29) is 12.5 Å². The molecule has 4 rings (SSSR count). The molecule has 4 aromatic rings. The summed E-state index contributed by atoms with van der Waals surface area (Å²) in [5, 5.41) is 3.81. The first kappa shape index (κ1) is 21.7. The van der Waals surface area contributed by atoms with Gasteiger partial charge in [0.1, 0.15) is 19.0 Å². The first-order valence-corrected chi connectivity index (χ1v) is 10.8. The molecular formula is C24H22N2O5S. The molecule has 0 saturated carbocycles. The van der Waals surface area contributed by atoms with Crippen molar-refractivity contribution in [1.82, 2.24) is 10.1 Å². The molecule has 1 atom stereocenters. The van der Waals surface area contributed by atoms with Crippen LogP contribution in [-0.2, 0) is 22.7 Å². The van der Waals surface area contributed by atoms with Crippen LogP contribution in [0, 0.1) is 0 Å². The SMILES string of the molecule is COCc1noc(C(C)OC(=O)c2sc(-c3ccccc3)cc2OCc2ccccc2)n1. The third kappa shape index (κ3) is 5.22. The van der Waals surface area contributed by atoms with Crippen LogP contribution in [0.15, 0.2) is 71.3 Å². The normalized spacial score (nSPS) is 11.8. The van der Waals surface area contributed by atoms with Crippen molar-refractivity contribution >= 4 is 17.3 Å². The molecule has 0 aliphatic carbocycles. The second-order valence-electron chi connectivity index (χ2n) is 6.97. The quantitative estimate of drug-likeness (QED) is 0.314. The summed E-state index contributed by atoms with van der Waals surface area (Å²) in [6.07, 6.45) is -0.718. The second kappa shape index (κ2) is 10.2. The van der Waals surface area contributed by atoms with Gasteiger partial charge in [-0.1, -0.05) is 65.8 Å². The van der Waals surface area contributed by atoms with E-state index in [1.807, 2.05) is 66.7 Å². The summed E-state index contributed by atoms with van der Waals surface area (Å²) in [6, 6.07) is 21.5. The summed E-state index contributed by atoms with van der Waals surface area (Å²) >= 11 is 1.32. The Morgan fingerprint density at radius 2 is 1.78 bits per heavy atom. The van der Waals surface area contributed by atoms with Crippen LogP contribution in [0.1, 0.15) is 40.0 Å². The van der Waals surface area contributed by atoms with Crippen LogP contribution in [0.2, 0.25) is 0 Å². The van der Waals surface area contributed by atoms with Gasteiger partial charge in [-0.05, 0) is 24.1 Å². The van der Waals surface area contributed by atoms with Gasteiger partial charge in [-0.15, -0.1) is 11.3 Å². The lowest BCUT2D eigenvalue weighted by atomic mass is 10.2. The molecule has 8 heteroatoms. The molecule has 0 N–H and O–H groups in total. The summed E-state index contributed by atoms with van der Waals surface area (Å²) in [4.78, 5) is 18.5. The van der Waals surface area contributed by atoms with E-state index in [4.69, 9.17) is 18.7 Å². The van der Waals surface area contributed by atoms with Gasteiger partial charge in [-0.3, -0.25) is 0 Å². The third-order valence-corrected chi connectivity index (χ3v) is 5.71. The maximum absolute atomic E-state index is 13.0. The second-order valence-corrected chi connectivity index (χ2v) is 8.03. The molecular weight excluding hydrogens is 428 g/mol. The maximum Gasteiger partial charge on any atom is 0.352 e. The number of esters is 1. The third-order valence-electron chi connectivity index (χ3n) is 4.57. The van der Waals surface area contributed by atoms with Crippen LogP contribution < -0.4 is 4.74 Å². The van der Waals surface area contributed by atoms with Crippen molar-refractivity contribution in [2.24, 2.45) is 0 Å². The minimum atomic E-state index is -0.718. The standard InChI is InChI=1S/C24H22N2O5S/c1-16(23-25-21(15-28-2)26-31-23)30-24(27)22-19(29-14-17-9-5-3-6-10-17)13-20(32-22)18-11-7-4-8-12-18/h3-13,16H,14-15H2,1-2H3. The molecule has 7 nitrogen and oxygen atoms in total. The zero-order chi connectivity index (χ0) is 22.3. The molecule has 0 saturated heterocycles. The fourth-order valence-corrected chi connectivity index (χ4v) is 3.98. The molecule has 0 aliphatic rings. The lowest BCUT2D eigenvalue weighted by Gasteiger charge is -2.10. The molecule has 0 amide bonds. The molecule has 2 aromatic carbocycles. The van der Waals surface area contributed by atoms with E-state index in [0.717, 1.165) is 16.0 Å². The van der Waals surface area contributed by atoms with Gasteiger partial charge < -0.3 is 18.7 Å². The van der Waals surface area contributed by atoms with Crippen LogP contribution in [0.3, 0.4) is 0 Å². The zero-order valence-corrected chi connectivity index (χ0v) is 18.5. The summed E-state index contributed by atoms with van der Waals surface area (Å²) in [6.45, 7) is 2.23. The van der Waals surface area contributed by atoms with Crippen molar-refractivity contribution in [2.75, 3.05) is 7.11 Å². The highest BCUT2D eigenvalue weighted by Crippen LogP contribution is 2.38. The molecule has 2 aromatic heterocycles. The fraction of sp³-hybridized carbons (Fsp3) is 0.208. The Kier molecular flexibility index (Phi) is 6.94. The monoisotopic (exact) mass is 450 g/mol. The predicted octanol–water partition coefficient (Wildman–Crippen LogP) is 5.44. The highest BCUT2D eigenvalue weighted by molar-refractivity contribution is 7.17. The average Bonchev–Trinajstić information content (AvgIpc) is 3.47. The zero-order valence-electron chi connectivity index (χ0n) is 17.7. The average molecular weight is 451 g/mol. The number of methoxy groups -OCH3 is 1. The van der Waals surface area contributed by atoms with Gasteiger partial charge in [0, 0.05) is 12.0 Å². The van der Waals surface area contributed by atoms with Crippen molar-refractivity contribution in [3.05, 3.63) is 88.9 Å². The molecule has 0 aliphatic heterocycles. The molecule has 32 heavy (non-hydrogen) atoms. The number of carbonyl (C=O) groups excluding carboxylic acids is 1. The lowest BCUT2D eigenvalue weighted by Crippen LogP contribution is -2.10. The Morgan fingerprint density at radius 3 is 2.50 bits per heavy atom. The number of thiophene rings is 1. The number of ether oxygens (including phenoxy) is 3. The van der Waals surface area contributed by atoms with Crippen molar-refractivity contribution in [3.63, 3.8) is 0 Å². The number of carbonyl (C=O) groups is 1. The summed E-state index contributed by atoms with van der Waals surface area (Å²) in [5.41, 5.74) is 2.00. The molecule has 0 bridgehead atoms. The molecule has 2 heterocycles. The van der Waals surface area contributed by atoms with Crippen molar-refractivity contribution in [2.45, 2.75) is 26.2 Å². The molecule has 1 unspecified atom stereocenters. The minimum absolute atomic E-state index is 0.206. The number of rotatable bonds is 9. The van der Waals surface area contributed by atoms with E-state index in [9.17, 15) is 4.79 Å². The van der Waals surface area contributed by atoms with E-state index in [2.05, 4.69) is 10.1 Å². The van der Waals surface area contributed by atoms with Crippen LogP contribution in [0.5, 0.6) is 5.75 Å². The van der Waals surface area contributed by atoms with Crippen LogP contribution in [0.25, 0.3) is 10.4 Å². The van der Waals surface area contributed by atoms with Gasteiger partial charge in [-0.25, -0.2) is 4.79 Å². The molecule has 164 valence electrons. The number of benzene rings is 2. The Balaban J connectivity index is 1.55. The number of hydrogen-bond acceptors (Lipinski definition) is 8. The van der Waals surface area contributed by atoms with Crippen LogP contribution >= 0.6 is 11.3 Å². The van der Waals surface area contributed by atoms with Gasteiger partial charge in [0.25, 0.3) is 5.89 Å². The molecule has 0 spiro atoms.